The van der Waals surface area contributed by atoms with Gasteiger partial charge in [-0.3, -0.25) is 0 Å². The Morgan fingerprint density at radius 1 is 0.941 bits per heavy atom. The van der Waals surface area contributed by atoms with E-state index in [0.29, 0.717) is 6.61 Å². The molecule has 1 aliphatic rings. The number of benzene rings is 2. The summed E-state index contributed by atoms with van der Waals surface area (Å²) < 4.78 is 5.55. The maximum absolute atomic E-state index is 10.4. The van der Waals surface area contributed by atoms with E-state index >= 15 is 0 Å². The van der Waals surface area contributed by atoms with Gasteiger partial charge >= 0.3 is 0 Å². The molecule has 1 N–H and O–H groups in total. The van der Waals surface area contributed by atoms with Gasteiger partial charge in [-0.1, -0.05) is 60.7 Å². The van der Waals surface area contributed by atoms with Gasteiger partial charge in [-0.05, 0) is 11.1 Å². The highest BCUT2D eigenvalue weighted by atomic mass is 16.6. The fourth-order valence-corrected chi connectivity index (χ4v) is 2.18. The van der Waals surface area contributed by atoms with Crippen molar-refractivity contribution in [3.8, 4) is 0 Å². The quantitative estimate of drug-likeness (QED) is 0.816. The van der Waals surface area contributed by atoms with E-state index in [9.17, 15) is 5.11 Å². The number of ether oxygens (including phenoxy) is 1. The van der Waals surface area contributed by atoms with Crippen molar-refractivity contribution in [3.63, 3.8) is 0 Å². The van der Waals surface area contributed by atoms with Crippen molar-refractivity contribution < 1.29 is 9.84 Å². The van der Waals surface area contributed by atoms with Crippen LogP contribution >= 0.6 is 0 Å². The summed E-state index contributed by atoms with van der Waals surface area (Å²) in [6.45, 7) is 0.576. The van der Waals surface area contributed by atoms with Crippen molar-refractivity contribution in [1.29, 1.82) is 0 Å². The molecule has 86 valence electrons. The van der Waals surface area contributed by atoms with Gasteiger partial charge in [-0.2, -0.15) is 0 Å². The van der Waals surface area contributed by atoms with E-state index in [2.05, 4.69) is 0 Å². The molecule has 1 fully saturated rings. The molecule has 3 rings (SSSR count). The number of rotatable bonds is 3. The van der Waals surface area contributed by atoms with Crippen LogP contribution < -0.4 is 0 Å². The van der Waals surface area contributed by atoms with Gasteiger partial charge in [-0.15, -0.1) is 0 Å². The second kappa shape index (κ2) is 3.99. The molecule has 1 aliphatic heterocycles. The van der Waals surface area contributed by atoms with Crippen molar-refractivity contribution in [2.75, 3.05) is 6.61 Å². The maximum Gasteiger partial charge on any atom is 0.146 e. The Morgan fingerprint density at radius 3 is 2.00 bits per heavy atom. The molecule has 0 radical (unpaired) electrons. The lowest BCUT2D eigenvalue weighted by atomic mass is 9.90. The topological polar surface area (TPSA) is 32.8 Å². The molecule has 2 atom stereocenters. The van der Waals surface area contributed by atoms with Crippen LogP contribution in [0.5, 0.6) is 0 Å². The first-order valence-corrected chi connectivity index (χ1v) is 5.75. The molecule has 17 heavy (non-hydrogen) atoms. The highest BCUT2D eigenvalue weighted by Gasteiger charge is 2.53. The summed E-state index contributed by atoms with van der Waals surface area (Å²) in [5.74, 6) is 0. The van der Waals surface area contributed by atoms with Crippen molar-refractivity contribution >= 4 is 0 Å². The summed E-state index contributed by atoms with van der Waals surface area (Å²) in [4.78, 5) is 0. The van der Waals surface area contributed by atoms with Gasteiger partial charge in [0.1, 0.15) is 11.7 Å². The standard InChI is InChI=1S/C15H14O2/c16-14(12-7-3-1-4-8-12)15(11-17-15)13-9-5-2-6-10-13/h1-10,14,16H,11H2/t14-,15-/m0/s1. The zero-order valence-corrected chi connectivity index (χ0v) is 9.41. The SMILES string of the molecule is O[C@@H](c1ccccc1)[C@@]1(c2ccccc2)CO1. The minimum atomic E-state index is -0.605. The van der Waals surface area contributed by atoms with Crippen LogP contribution in [0, 0.1) is 0 Å². The van der Waals surface area contributed by atoms with E-state index in [1.54, 1.807) is 0 Å². The van der Waals surface area contributed by atoms with Gasteiger partial charge < -0.3 is 9.84 Å². The Hall–Kier alpha value is -1.64. The molecule has 1 heterocycles. The number of hydrogen-bond donors (Lipinski definition) is 1. The Labute approximate surface area is 100 Å². The van der Waals surface area contributed by atoms with Crippen LogP contribution in [0.25, 0.3) is 0 Å². The molecule has 0 spiro atoms. The van der Waals surface area contributed by atoms with E-state index in [-0.39, 0.29) is 0 Å². The third-order valence-corrected chi connectivity index (χ3v) is 3.27. The van der Waals surface area contributed by atoms with Crippen LogP contribution in [-0.2, 0) is 10.3 Å². The lowest BCUT2D eigenvalue weighted by Crippen LogP contribution is -2.19. The van der Waals surface area contributed by atoms with Crippen molar-refractivity contribution in [2.24, 2.45) is 0 Å². The van der Waals surface area contributed by atoms with Gasteiger partial charge in [0, 0.05) is 0 Å². The average Bonchev–Trinajstić information content (AvgIpc) is 3.21. The summed E-state index contributed by atoms with van der Waals surface area (Å²) in [5, 5.41) is 10.4. The number of aliphatic hydroxyl groups excluding tert-OH is 1. The summed E-state index contributed by atoms with van der Waals surface area (Å²) in [7, 11) is 0. The molecule has 0 saturated carbocycles. The molecule has 0 aliphatic carbocycles. The van der Waals surface area contributed by atoms with E-state index in [4.69, 9.17) is 4.74 Å². The van der Waals surface area contributed by atoms with Crippen LogP contribution in [0.2, 0.25) is 0 Å². The second-order valence-electron chi connectivity index (χ2n) is 4.36. The number of aliphatic hydroxyl groups is 1. The van der Waals surface area contributed by atoms with Crippen LogP contribution in [0.1, 0.15) is 17.2 Å². The molecule has 1 saturated heterocycles. The Bertz CT molecular complexity index is 489. The number of hydrogen-bond acceptors (Lipinski definition) is 2. The first-order valence-electron chi connectivity index (χ1n) is 5.75. The fourth-order valence-electron chi connectivity index (χ4n) is 2.18. The molecule has 0 aromatic heterocycles. The lowest BCUT2D eigenvalue weighted by Gasteiger charge is -2.19. The number of epoxide rings is 1. The monoisotopic (exact) mass is 226 g/mol. The zero-order valence-electron chi connectivity index (χ0n) is 9.41. The molecule has 2 heteroatoms. The molecule has 2 aromatic rings. The minimum Gasteiger partial charge on any atom is -0.385 e. The van der Waals surface area contributed by atoms with Gasteiger partial charge in [-0.25, -0.2) is 0 Å². The van der Waals surface area contributed by atoms with Crippen molar-refractivity contribution in [3.05, 3.63) is 71.8 Å². The molecule has 2 nitrogen and oxygen atoms in total. The van der Waals surface area contributed by atoms with Crippen LogP contribution in [0.15, 0.2) is 60.7 Å². The van der Waals surface area contributed by atoms with Gasteiger partial charge in [0.15, 0.2) is 0 Å². The van der Waals surface area contributed by atoms with Crippen LogP contribution in [-0.4, -0.2) is 11.7 Å². The Kier molecular flexibility index (Phi) is 2.46. The summed E-state index contributed by atoms with van der Waals surface area (Å²) in [6.07, 6.45) is -0.605. The van der Waals surface area contributed by atoms with Gasteiger partial charge in [0.05, 0.1) is 6.61 Å². The molecular weight excluding hydrogens is 212 g/mol. The summed E-state index contributed by atoms with van der Waals surface area (Å²) in [5.41, 5.74) is 1.40. The lowest BCUT2D eigenvalue weighted by molar-refractivity contribution is 0.0730. The van der Waals surface area contributed by atoms with Crippen LogP contribution in [0.4, 0.5) is 0 Å². The zero-order chi connectivity index (χ0) is 11.7. The summed E-state index contributed by atoms with van der Waals surface area (Å²) in [6, 6.07) is 19.6. The maximum atomic E-state index is 10.4. The fraction of sp³-hybridized carbons (Fsp3) is 0.200. The predicted octanol–water partition coefficient (Wildman–Crippen LogP) is 2.65. The summed E-state index contributed by atoms with van der Waals surface area (Å²) >= 11 is 0. The van der Waals surface area contributed by atoms with E-state index in [1.165, 1.54) is 0 Å². The minimum absolute atomic E-state index is 0.539. The largest absolute Gasteiger partial charge is 0.385 e. The van der Waals surface area contributed by atoms with Crippen LogP contribution in [0.3, 0.4) is 0 Å². The first kappa shape index (κ1) is 10.5. The molecule has 0 unspecified atom stereocenters. The van der Waals surface area contributed by atoms with Crippen molar-refractivity contribution in [1.82, 2.24) is 0 Å². The highest BCUT2D eigenvalue weighted by Crippen LogP contribution is 2.48. The average molecular weight is 226 g/mol. The highest BCUT2D eigenvalue weighted by molar-refractivity contribution is 5.33. The van der Waals surface area contributed by atoms with Crippen molar-refractivity contribution in [2.45, 2.75) is 11.7 Å². The van der Waals surface area contributed by atoms with Gasteiger partial charge in [0.25, 0.3) is 0 Å². The normalized spacial score (nSPS) is 24.3. The molecule has 0 bridgehead atoms. The first-order chi connectivity index (χ1) is 8.33. The Morgan fingerprint density at radius 2 is 1.47 bits per heavy atom. The molecular formula is C15H14O2. The van der Waals surface area contributed by atoms with Gasteiger partial charge in [0.2, 0.25) is 0 Å². The molecule has 0 amide bonds. The molecule has 2 aromatic carbocycles. The van der Waals surface area contributed by atoms with E-state index in [0.717, 1.165) is 11.1 Å². The Balaban J connectivity index is 1.95. The van der Waals surface area contributed by atoms with E-state index < -0.39 is 11.7 Å². The third-order valence-electron chi connectivity index (χ3n) is 3.27. The second-order valence-corrected chi connectivity index (χ2v) is 4.36. The third kappa shape index (κ3) is 1.75. The van der Waals surface area contributed by atoms with E-state index in [1.807, 2.05) is 60.7 Å². The predicted molar refractivity (Wildman–Crippen MR) is 65.5 cm³/mol. The smallest absolute Gasteiger partial charge is 0.146 e.